The van der Waals surface area contributed by atoms with Gasteiger partial charge in [-0.2, -0.15) is 0 Å². The van der Waals surface area contributed by atoms with E-state index in [0.29, 0.717) is 68.3 Å². The van der Waals surface area contributed by atoms with Crippen LogP contribution in [0.15, 0.2) is 218 Å². The highest BCUT2D eigenvalue weighted by atomic mass is 16.5. The van der Waals surface area contributed by atoms with E-state index in [2.05, 4.69) is 83.8 Å². The highest BCUT2D eigenvalue weighted by molar-refractivity contribution is 5.96. The number of hydrogen-bond acceptors (Lipinski definition) is 19. The number of benzene rings is 8. The average Bonchev–Trinajstić information content (AvgIpc) is 0.800. The summed E-state index contributed by atoms with van der Waals surface area (Å²) in [5.41, 5.74) is 7.12. The van der Waals surface area contributed by atoms with Gasteiger partial charge in [0.05, 0.1) is 39.1 Å². The van der Waals surface area contributed by atoms with E-state index in [0.717, 1.165) is 242 Å². The van der Waals surface area contributed by atoms with Gasteiger partial charge >= 0.3 is 0 Å². The number of unbranched alkanes of at least 4 members (excludes halogenated alkanes) is 1. The summed E-state index contributed by atoms with van der Waals surface area (Å²) in [7, 11) is 4.34. The number of carbonyl (C=O) groups excluding carboxylic acids is 4. The topological polar surface area (TPSA) is 219 Å². The van der Waals surface area contributed by atoms with Gasteiger partial charge in [0.1, 0.15) is 42.8 Å². The lowest BCUT2D eigenvalue weighted by Gasteiger charge is -2.49. The summed E-state index contributed by atoms with van der Waals surface area (Å²) in [5.74, 6) is 2.91. The second-order valence-electron chi connectivity index (χ2n) is 32.1. The number of ether oxygens (including phenoxy) is 9. The number of likely N-dealkylation sites (N-methyl/N-ethyl adjacent to an activating group) is 2. The molecule has 7 aliphatic heterocycles. The highest BCUT2D eigenvalue weighted by Crippen LogP contribution is 2.33. The highest BCUT2D eigenvalue weighted by Gasteiger charge is 2.43. The molecule has 4 amide bonds. The molecule has 120 heavy (non-hydrogen) atoms. The van der Waals surface area contributed by atoms with Crippen LogP contribution in [0.2, 0.25) is 0 Å². The summed E-state index contributed by atoms with van der Waals surface area (Å²) in [6, 6.07) is 70.1. The number of rotatable bonds is 30. The lowest BCUT2D eigenvalue weighted by atomic mass is 9.87. The Labute approximate surface area is 710 Å². The third-order valence-corrected chi connectivity index (χ3v) is 24.1. The molecule has 7 fully saturated rings. The van der Waals surface area contributed by atoms with E-state index < -0.39 is 0 Å². The van der Waals surface area contributed by atoms with Crippen LogP contribution in [0.3, 0.4) is 0 Å². The normalized spacial score (nSPS) is 18.6. The van der Waals surface area contributed by atoms with Crippen LogP contribution in [-0.2, 0) is 43.5 Å². The van der Waals surface area contributed by atoms with Gasteiger partial charge in [0.25, 0.3) is 23.6 Å². The van der Waals surface area contributed by atoms with Gasteiger partial charge < -0.3 is 73.7 Å². The van der Waals surface area contributed by atoms with Crippen molar-refractivity contribution >= 4 is 23.6 Å². The molecule has 0 spiro atoms. The van der Waals surface area contributed by atoms with E-state index in [1.54, 1.807) is 0 Å². The van der Waals surface area contributed by atoms with Crippen LogP contribution in [0.5, 0.6) is 23.0 Å². The Bertz CT molecular complexity index is 4270. The molecule has 642 valence electrons. The molecule has 23 heteroatoms. The number of morpholine rings is 2. The molecule has 0 radical (unpaired) electrons. The van der Waals surface area contributed by atoms with Crippen molar-refractivity contribution in [1.29, 1.82) is 0 Å². The molecule has 0 aliphatic carbocycles. The smallest absolute Gasteiger partial charge is 0.251 e. The first-order chi connectivity index (χ1) is 58.8. The first-order valence-corrected chi connectivity index (χ1v) is 43.3. The standard InChI is InChI=1S/C26H28N2O3.C25H33N3O3.C24H30N2O4.C22H35N3O3/c29-26(23-11-13-24(14-12-23)31-20-21-7-3-1-4-8-21)27-19-25(22-9-5-2-6-10-22)28-15-17-30-18-16-28;1-27-13-15-28(16-14-27)25(11-17-30-18-12-25)20-26-24(29)22-7-9-23(10-8-22)31-19-21-5-3-2-4-6-21;27-23(21-6-8-22(9-7-21)30-18-20-4-2-1-3-5-20)25-19-24(10-14-28-15-11-24)26-12-16-29-17-13-26;1-3-4-15-28-20-7-5-19(6-8-20)21(26)23-18-22(9-16-27-17-10-22)25-13-11-24(2)12-14-25/h1-14,25H,15-20H2,(H,27,29);2-10H,11-20H2,1H3,(H,26,29);1-9H,10-19H2,(H,25,27);5-8H,3-4,9-18H2,1-2H3,(H,23,26). The van der Waals surface area contributed by atoms with E-state index >= 15 is 0 Å². The van der Waals surface area contributed by atoms with Crippen molar-refractivity contribution in [3.63, 3.8) is 0 Å². The molecule has 7 aliphatic rings. The first-order valence-electron chi connectivity index (χ1n) is 43.3. The minimum absolute atomic E-state index is 0.00605. The van der Waals surface area contributed by atoms with Crippen molar-refractivity contribution in [3.05, 3.63) is 263 Å². The van der Waals surface area contributed by atoms with Crippen molar-refractivity contribution in [1.82, 2.24) is 50.7 Å². The third-order valence-electron chi connectivity index (χ3n) is 24.1. The summed E-state index contributed by atoms with van der Waals surface area (Å²) >= 11 is 0. The Balaban J connectivity index is 0.000000147. The predicted octanol–water partition coefficient (Wildman–Crippen LogP) is 12.1. The predicted molar refractivity (Wildman–Crippen MR) is 468 cm³/mol. The van der Waals surface area contributed by atoms with Crippen LogP contribution in [0.4, 0.5) is 0 Å². The van der Waals surface area contributed by atoms with Crippen LogP contribution in [0, 0.1) is 0 Å². The molecule has 0 aromatic heterocycles. The summed E-state index contributed by atoms with van der Waals surface area (Å²) in [4.78, 5) is 65.8. The summed E-state index contributed by atoms with van der Waals surface area (Å²) in [6.07, 6.45) is 7.88. The van der Waals surface area contributed by atoms with E-state index in [9.17, 15) is 19.2 Å². The molecule has 7 heterocycles. The number of amides is 4. The Morgan fingerprint density at radius 3 is 0.942 bits per heavy atom. The molecule has 23 nitrogen and oxygen atoms in total. The molecule has 8 aromatic carbocycles. The fourth-order valence-electron chi connectivity index (χ4n) is 16.4. The SMILES string of the molecule is CCCCOc1ccc(C(=O)NCC2(N3CCN(C)CC3)CCOCC2)cc1.CN1CCN(C2(CNC(=O)c3ccc(OCc4ccccc4)cc3)CCOCC2)CC1.O=C(NCC(c1ccccc1)N1CCOCC1)c1ccc(OCc2ccccc2)cc1.O=C(NCC1(N2CCOCC2)CCOCC1)c1ccc(OCc2ccccc2)cc1. The Morgan fingerprint density at radius 1 is 0.333 bits per heavy atom. The van der Waals surface area contributed by atoms with Crippen molar-refractivity contribution in [2.45, 2.75) is 101 Å². The molecule has 4 N–H and O–H groups in total. The largest absolute Gasteiger partial charge is 0.494 e. The molecule has 1 atom stereocenters. The van der Waals surface area contributed by atoms with Crippen LogP contribution >= 0.6 is 0 Å². The number of carbonyl (C=O) groups is 4. The van der Waals surface area contributed by atoms with Crippen LogP contribution in [0.25, 0.3) is 0 Å². The Hall–Kier alpha value is -9.60. The van der Waals surface area contributed by atoms with Crippen molar-refractivity contribution < 1.29 is 61.8 Å². The van der Waals surface area contributed by atoms with E-state index in [1.807, 2.05) is 206 Å². The zero-order valence-electron chi connectivity index (χ0n) is 70.7. The molecular weight excluding hydrogens is 1510 g/mol. The molecule has 1 unspecified atom stereocenters. The van der Waals surface area contributed by atoms with Gasteiger partial charge in [-0.3, -0.25) is 38.8 Å². The minimum atomic E-state index is -0.0798. The molecular formula is C97H126N10O13. The van der Waals surface area contributed by atoms with Gasteiger partial charge in [0.15, 0.2) is 0 Å². The van der Waals surface area contributed by atoms with Crippen molar-refractivity contribution in [3.8, 4) is 23.0 Å². The van der Waals surface area contributed by atoms with Gasteiger partial charge in [-0.1, -0.05) is 135 Å². The average molecular weight is 1640 g/mol. The monoisotopic (exact) mass is 1640 g/mol. The fourth-order valence-corrected chi connectivity index (χ4v) is 16.4. The maximum atomic E-state index is 12.8. The zero-order chi connectivity index (χ0) is 83.3. The van der Waals surface area contributed by atoms with Gasteiger partial charge in [-0.15, -0.1) is 0 Å². The van der Waals surface area contributed by atoms with Gasteiger partial charge in [-0.25, -0.2) is 0 Å². The molecule has 8 aromatic rings. The zero-order valence-corrected chi connectivity index (χ0v) is 70.7. The molecule has 0 saturated carbocycles. The van der Waals surface area contributed by atoms with E-state index in [-0.39, 0.29) is 46.3 Å². The van der Waals surface area contributed by atoms with Gasteiger partial charge in [-0.05, 0) is 178 Å². The quantitative estimate of drug-likeness (QED) is 0.0308. The van der Waals surface area contributed by atoms with Gasteiger partial charge in [0.2, 0.25) is 0 Å². The third kappa shape index (κ3) is 27.5. The number of nitrogens with zero attached hydrogens (tertiary/aromatic N) is 6. The van der Waals surface area contributed by atoms with Crippen LogP contribution in [0.1, 0.15) is 128 Å². The molecule has 15 rings (SSSR count). The van der Waals surface area contributed by atoms with E-state index in [1.165, 1.54) is 5.56 Å². The van der Waals surface area contributed by atoms with Crippen LogP contribution in [-0.4, -0.2) is 261 Å². The van der Waals surface area contributed by atoms with Crippen molar-refractivity contribution in [2.75, 3.05) is 191 Å². The first kappa shape index (κ1) is 89.7. The second-order valence-corrected chi connectivity index (χ2v) is 32.1. The fraction of sp³-hybridized carbons (Fsp3) is 0.464. The lowest BCUT2D eigenvalue weighted by Crippen LogP contribution is -2.62. The Kier molecular flexibility index (Phi) is 35.5. The van der Waals surface area contributed by atoms with Crippen LogP contribution < -0.4 is 40.2 Å². The number of piperazine rings is 2. The second kappa shape index (κ2) is 47.6. The Morgan fingerprint density at radius 2 is 0.617 bits per heavy atom. The summed E-state index contributed by atoms with van der Waals surface area (Å²) in [5, 5.41) is 12.7. The number of hydrogen-bond donors (Lipinski definition) is 4. The summed E-state index contributed by atoms with van der Waals surface area (Å²) < 4.78 is 51.0. The van der Waals surface area contributed by atoms with Crippen molar-refractivity contribution in [2.24, 2.45) is 0 Å². The summed E-state index contributed by atoms with van der Waals surface area (Å²) in [6.45, 7) is 26.4. The minimum Gasteiger partial charge on any atom is -0.494 e. The molecule has 7 saturated heterocycles. The van der Waals surface area contributed by atoms with Gasteiger partial charge in [0, 0.05) is 183 Å². The number of nitrogens with one attached hydrogen (secondary N) is 4. The maximum Gasteiger partial charge on any atom is 0.251 e. The molecule has 0 bridgehead atoms. The lowest BCUT2D eigenvalue weighted by molar-refractivity contribution is -0.0693. The van der Waals surface area contributed by atoms with E-state index in [4.69, 9.17) is 42.6 Å². The maximum absolute atomic E-state index is 12.8.